The standard InChI is InChI=1S/C9H10BN3O3/c1-16-9-4-8(2-3-11-9)13-6-7(5-12-13)10(14)15/h2-6,14-15H,1H3. The van der Waals surface area contributed by atoms with Crippen molar-refractivity contribution in [3.63, 3.8) is 0 Å². The molecule has 0 amide bonds. The Hall–Kier alpha value is -1.86. The maximum atomic E-state index is 8.95. The summed E-state index contributed by atoms with van der Waals surface area (Å²) in [4.78, 5) is 3.96. The fraction of sp³-hybridized carbons (Fsp3) is 0.111. The fourth-order valence-electron chi connectivity index (χ4n) is 1.26. The fourth-order valence-corrected chi connectivity index (χ4v) is 1.26. The number of methoxy groups -OCH3 is 1. The van der Waals surface area contributed by atoms with Crippen LogP contribution >= 0.6 is 0 Å². The maximum absolute atomic E-state index is 8.95. The summed E-state index contributed by atoms with van der Waals surface area (Å²) in [5.41, 5.74) is 1.06. The minimum Gasteiger partial charge on any atom is -0.481 e. The zero-order valence-corrected chi connectivity index (χ0v) is 8.61. The quantitative estimate of drug-likeness (QED) is 0.644. The Bertz CT molecular complexity index is 486. The van der Waals surface area contributed by atoms with Gasteiger partial charge in [-0.25, -0.2) is 9.67 Å². The number of ether oxygens (including phenoxy) is 1. The summed E-state index contributed by atoms with van der Waals surface area (Å²) in [6.45, 7) is 0. The van der Waals surface area contributed by atoms with Crippen molar-refractivity contribution in [2.75, 3.05) is 7.11 Å². The summed E-state index contributed by atoms with van der Waals surface area (Å²) in [5, 5.41) is 21.9. The SMILES string of the molecule is COc1cc(-n2cc(B(O)O)cn2)ccn1. The third-order valence-corrected chi connectivity index (χ3v) is 2.09. The van der Waals surface area contributed by atoms with Gasteiger partial charge in [-0.1, -0.05) is 0 Å². The molecule has 7 heteroatoms. The van der Waals surface area contributed by atoms with Gasteiger partial charge in [0, 0.05) is 30.1 Å². The molecule has 2 N–H and O–H groups in total. The molecule has 2 rings (SSSR count). The molecule has 0 unspecified atom stereocenters. The van der Waals surface area contributed by atoms with Crippen LogP contribution < -0.4 is 10.2 Å². The Morgan fingerprint density at radius 3 is 2.88 bits per heavy atom. The summed E-state index contributed by atoms with van der Waals surface area (Å²) in [7, 11) is 0.00968. The first-order valence-corrected chi connectivity index (χ1v) is 4.62. The molecule has 0 aliphatic rings. The molecule has 2 heterocycles. The Labute approximate surface area is 92.3 Å². The Kier molecular flexibility index (Phi) is 2.89. The van der Waals surface area contributed by atoms with Gasteiger partial charge in [-0.3, -0.25) is 0 Å². The van der Waals surface area contributed by atoms with Crippen molar-refractivity contribution in [2.24, 2.45) is 0 Å². The molecule has 0 fully saturated rings. The Morgan fingerprint density at radius 1 is 1.44 bits per heavy atom. The first-order valence-electron chi connectivity index (χ1n) is 4.62. The maximum Gasteiger partial charge on any atom is 0.491 e. The van der Waals surface area contributed by atoms with E-state index in [1.165, 1.54) is 24.2 Å². The van der Waals surface area contributed by atoms with Gasteiger partial charge in [0.2, 0.25) is 5.88 Å². The first-order chi connectivity index (χ1) is 7.70. The van der Waals surface area contributed by atoms with Gasteiger partial charge in [0.15, 0.2) is 0 Å². The van der Waals surface area contributed by atoms with Crippen LogP contribution in [0.15, 0.2) is 30.7 Å². The molecule has 0 aliphatic heterocycles. The van der Waals surface area contributed by atoms with E-state index in [2.05, 4.69) is 10.1 Å². The van der Waals surface area contributed by atoms with E-state index in [1.807, 2.05) is 0 Å². The van der Waals surface area contributed by atoms with Crippen molar-refractivity contribution in [2.45, 2.75) is 0 Å². The highest BCUT2D eigenvalue weighted by Crippen LogP contribution is 2.11. The lowest BCUT2D eigenvalue weighted by atomic mass is 9.83. The number of aromatic nitrogens is 3. The van der Waals surface area contributed by atoms with Crippen molar-refractivity contribution in [1.29, 1.82) is 0 Å². The van der Waals surface area contributed by atoms with Crippen LogP contribution in [0.4, 0.5) is 0 Å². The molecule has 0 saturated carbocycles. The first kappa shape index (κ1) is 10.7. The molecule has 0 aliphatic carbocycles. The summed E-state index contributed by atoms with van der Waals surface area (Å²) >= 11 is 0. The van der Waals surface area contributed by atoms with E-state index in [-0.39, 0.29) is 0 Å². The van der Waals surface area contributed by atoms with Crippen LogP contribution in [0.3, 0.4) is 0 Å². The molecule has 0 saturated heterocycles. The number of hydrogen-bond donors (Lipinski definition) is 2. The largest absolute Gasteiger partial charge is 0.491 e. The summed E-state index contributed by atoms with van der Waals surface area (Å²) in [5.74, 6) is 0.471. The number of nitrogens with zero attached hydrogens (tertiary/aromatic N) is 3. The van der Waals surface area contributed by atoms with E-state index in [4.69, 9.17) is 14.8 Å². The topological polar surface area (TPSA) is 80.4 Å². The second-order valence-corrected chi connectivity index (χ2v) is 3.15. The molecule has 0 aromatic carbocycles. The van der Waals surface area contributed by atoms with Crippen molar-refractivity contribution >= 4 is 12.6 Å². The van der Waals surface area contributed by atoms with Crippen LogP contribution in [-0.2, 0) is 0 Å². The monoisotopic (exact) mass is 219 g/mol. The third-order valence-electron chi connectivity index (χ3n) is 2.09. The highest BCUT2D eigenvalue weighted by atomic mass is 16.5. The molecular formula is C9H10BN3O3. The van der Waals surface area contributed by atoms with E-state index in [1.54, 1.807) is 18.3 Å². The minimum absolute atomic E-state index is 0.329. The van der Waals surface area contributed by atoms with Crippen molar-refractivity contribution in [3.8, 4) is 11.6 Å². The zero-order valence-electron chi connectivity index (χ0n) is 8.61. The molecule has 0 spiro atoms. The summed E-state index contributed by atoms with van der Waals surface area (Å²) in [6.07, 6.45) is 4.50. The predicted molar refractivity (Wildman–Crippen MR) is 57.7 cm³/mol. The lowest BCUT2D eigenvalue weighted by Crippen LogP contribution is -2.28. The van der Waals surface area contributed by atoms with E-state index in [0.717, 1.165) is 5.69 Å². The number of hydrogen-bond acceptors (Lipinski definition) is 5. The molecule has 2 aromatic heterocycles. The van der Waals surface area contributed by atoms with Gasteiger partial charge in [-0.2, -0.15) is 5.10 Å². The van der Waals surface area contributed by atoms with E-state index < -0.39 is 7.12 Å². The second kappa shape index (κ2) is 4.34. The lowest BCUT2D eigenvalue weighted by molar-refractivity contribution is 0.397. The van der Waals surface area contributed by atoms with Gasteiger partial charge in [-0.05, 0) is 6.07 Å². The van der Waals surface area contributed by atoms with Gasteiger partial charge in [0.25, 0.3) is 0 Å². The molecule has 2 aromatic rings. The molecule has 0 radical (unpaired) electrons. The van der Waals surface area contributed by atoms with Crippen LogP contribution in [-0.4, -0.2) is 39.0 Å². The zero-order chi connectivity index (χ0) is 11.5. The van der Waals surface area contributed by atoms with Gasteiger partial charge in [0.05, 0.1) is 12.8 Å². The highest BCUT2D eigenvalue weighted by molar-refractivity contribution is 6.58. The molecule has 16 heavy (non-hydrogen) atoms. The lowest BCUT2D eigenvalue weighted by Gasteiger charge is -2.02. The number of rotatable bonds is 3. The Morgan fingerprint density at radius 2 is 2.25 bits per heavy atom. The van der Waals surface area contributed by atoms with Crippen molar-refractivity contribution in [3.05, 3.63) is 30.7 Å². The molecular weight excluding hydrogens is 209 g/mol. The van der Waals surface area contributed by atoms with E-state index >= 15 is 0 Å². The van der Waals surface area contributed by atoms with Crippen molar-refractivity contribution < 1.29 is 14.8 Å². The van der Waals surface area contributed by atoms with Crippen LogP contribution in [0.2, 0.25) is 0 Å². The molecule has 6 nitrogen and oxygen atoms in total. The number of pyridine rings is 1. The molecule has 0 atom stereocenters. The average Bonchev–Trinajstić information content (AvgIpc) is 2.78. The van der Waals surface area contributed by atoms with E-state index in [9.17, 15) is 0 Å². The molecule has 82 valence electrons. The third kappa shape index (κ3) is 2.05. The van der Waals surface area contributed by atoms with Gasteiger partial charge >= 0.3 is 7.12 Å². The van der Waals surface area contributed by atoms with Crippen LogP contribution in [0.25, 0.3) is 5.69 Å². The second-order valence-electron chi connectivity index (χ2n) is 3.15. The van der Waals surface area contributed by atoms with Crippen molar-refractivity contribution in [1.82, 2.24) is 14.8 Å². The van der Waals surface area contributed by atoms with Gasteiger partial charge in [0.1, 0.15) is 0 Å². The van der Waals surface area contributed by atoms with Gasteiger partial charge in [-0.15, -0.1) is 0 Å². The van der Waals surface area contributed by atoms with Gasteiger partial charge < -0.3 is 14.8 Å². The van der Waals surface area contributed by atoms with Crippen LogP contribution in [0.5, 0.6) is 5.88 Å². The van der Waals surface area contributed by atoms with E-state index in [0.29, 0.717) is 11.3 Å². The highest BCUT2D eigenvalue weighted by Gasteiger charge is 2.13. The minimum atomic E-state index is -1.52. The van der Waals surface area contributed by atoms with Crippen LogP contribution in [0.1, 0.15) is 0 Å². The Balaban J connectivity index is 2.34. The molecule has 0 bridgehead atoms. The summed E-state index contributed by atoms with van der Waals surface area (Å²) < 4.78 is 6.49. The van der Waals surface area contributed by atoms with Crippen LogP contribution in [0, 0.1) is 0 Å². The summed E-state index contributed by atoms with van der Waals surface area (Å²) in [6, 6.07) is 3.43. The normalized spacial score (nSPS) is 10.2. The predicted octanol–water partition coefficient (Wildman–Crippen LogP) is -1.04. The average molecular weight is 219 g/mol. The smallest absolute Gasteiger partial charge is 0.481 e.